The van der Waals surface area contributed by atoms with Gasteiger partial charge in [0.1, 0.15) is 29.3 Å². The van der Waals surface area contributed by atoms with Crippen LogP contribution in [0.3, 0.4) is 0 Å². The summed E-state index contributed by atoms with van der Waals surface area (Å²) in [6, 6.07) is 12.8. The van der Waals surface area contributed by atoms with Crippen LogP contribution in [0.25, 0.3) is 0 Å². The maximum Gasteiger partial charge on any atom is 0.336 e. The van der Waals surface area contributed by atoms with Gasteiger partial charge in [-0.2, -0.15) is 0 Å². The van der Waals surface area contributed by atoms with Gasteiger partial charge in [-0.25, -0.2) is 4.79 Å². The van der Waals surface area contributed by atoms with Gasteiger partial charge in [0.25, 0.3) is 0 Å². The first kappa shape index (κ1) is 23.3. The van der Waals surface area contributed by atoms with Crippen molar-refractivity contribution >= 4 is 5.97 Å². The Labute approximate surface area is 194 Å². The molecule has 33 heavy (non-hydrogen) atoms. The fraction of sp³-hybridized carbons (Fsp3) is 0.444. The van der Waals surface area contributed by atoms with E-state index in [1.807, 2.05) is 56.3 Å². The zero-order valence-electron chi connectivity index (χ0n) is 19.3. The van der Waals surface area contributed by atoms with Crippen molar-refractivity contribution in [3.05, 3.63) is 71.3 Å². The Kier molecular flexibility index (Phi) is 6.50. The Morgan fingerprint density at radius 1 is 1.21 bits per heavy atom. The third kappa shape index (κ3) is 4.77. The molecule has 1 heterocycles. The molecule has 5 atom stereocenters. The largest absolute Gasteiger partial charge is 0.489 e. The van der Waals surface area contributed by atoms with E-state index in [1.165, 1.54) is 0 Å². The van der Waals surface area contributed by atoms with Gasteiger partial charge in [0.2, 0.25) is 0 Å². The highest BCUT2D eigenvalue weighted by molar-refractivity contribution is 5.90. The zero-order chi connectivity index (χ0) is 23.8. The summed E-state index contributed by atoms with van der Waals surface area (Å²) in [6.45, 7) is 5.44. The quantitative estimate of drug-likeness (QED) is 0.570. The summed E-state index contributed by atoms with van der Waals surface area (Å²) in [4.78, 5) is 11.5. The highest BCUT2D eigenvalue weighted by Crippen LogP contribution is 2.44. The number of carboxylic acid groups (broad SMARTS) is 1. The molecule has 6 nitrogen and oxygen atoms in total. The van der Waals surface area contributed by atoms with Gasteiger partial charge < -0.3 is 24.8 Å². The molecular weight excluding hydrogens is 420 g/mol. The molecule has 2 aromatic rings. The molecule has 0 saturated heterocycles. The number of aliphatic hydroxyl groups excluding tert-OH is 2. The summed E-state index contributed by atoms with van der Waals surface area (Å²) in [5, 5.41) is 31.1. The summed E-state index contributed by atoms with van der Waals surface area (Å²) in [7, 11) is 0. The van der Waals surface area contributed by atoms with E-state index < -0.39 is 23.8 Å². The van der Waals surface area contributed by atoms with E-state index in [4.69, 9.17) is 9.47 Å². The van der Waals surface area contributed by atoms with Crippen LogP contribution >= 0.6 is 0 Å². The second kappa shape index (κ2) is 9.20. The first-order valence-electron chi connectivity index (χ1n) is 11.5. The number of carboxylic acids is 1. The van der Waals surface area contributed by atoms with Crippen LogP contribution in [0.4, 0.5) is 0 Å². The van der Waals surface area contributed by atoms with E-state index in [1.54, 1.807) is 19.1 Å². The number of hydrogen-bond donors (Lipinski definition) is 3. The lowest BCUT2D eigenvalue weighted by Gasteiger charge is -2.30. The fourth-order valence-electron chi connectivity index (χ4n) is 5.02. The molecule has 0 aromatic heterocycles. The van der Waals surface area contributed by atoms with Gasteiger partial charge in [0.05, 0.1) is 11.7 Å². The van der Waals surface area contributed by atoms with Crippen LogP contribution < -0.4 is 9.47 Å². The van der Waals surface area contributed by atoms with Gasteiger partial charge in [-0.05, 0) is 57.4 Å². The number of aromatic carboxylic acids is 1. The van der Waals surface area contributed by atoms with E-state index in [0.29, 0.717) is 23.5 Å². The lowest BCUT2D eigenvalue weighted by molar-refractivity contribution is -0.00231. The molecule has 176 valence electrons. The number of fused-ring (bicyclic) bond motifs is 2. The van der Waals surface area contributed by atoms with E-state index in [9.17, 15) is 20.1 Å². The molecule has 1 aliphatic carbocycles. The molecule has 1 aliphatic heterocycles. The molecule has 0 amide bonds. The normalized spacial score (nSPS) is 25.6. The number of hydrogen-bond acceptors (Lipinski definition) is 5. The van der Waals surface area contributed by atoms with E-state index in [0.717, 1.165) is 18.4 Å². The third-order valence-corrected chi connectivity index (χ3v) is 6.98. The number of rotatable bonds is 6. The maximum absolute atomic E-state index is 11.5. The van der Waals surface area contributed by atoms with Gasteiger partial charge >= 0.3 is 5.97 Å². The predicted molar refractivity (Wildman–Crippen MR) is 125 cm³/mol. The van der Waals surface area contributed by atoms with Gasteiger partial charge in [0, 0.05) is 23.8 Å². The average Bonchev–Trinajstić information content (AvgIpc) is 2.93. The molecule has 0 radical (unpaired) electrons. The zero-order valence-corrected chi connectivity index (χ0v) is 19.3. The Hall–Kier alpha value is -2.83. The van der Waals surface area contributed by atoms with Crippen LogP contribution in [0.2, 0.25) is 0 Å². The van der Waals surface area contributed by atoms with Crippen LogP contribution in [0, 0.1) is 18.8 Å². The molecular formula is C27H32O6. The summed E-state index contributed by atoms with van der Waals surface area (Å²) >= 11 is 0. The number of ether oxygens (including phenoxy) is 2. The molecule has 1 unspecified atom stereocenters. The van der Waals surface area contributed by atoms with Crippen molar-refractivity contribution in [1.29, 1.82) is 0 Å². The standard InChI is InChI=1S/C27H32O6/c1-16-19(26(30)31)11-9-17-10-12-21-20(22(28)15-23(21)32-25(16)17)13-14-24(29)27(2,3)33-18-7-5-4-6-8-18/h4-9,11,13-14,20-24,28-29H,10,12,15H2,1-3H3,(H,30,31)/b14-13+/t20-,21-,22-,23+,24?/m1/s1. The molecule has 1 saturated carbocycles. The molecule has 1 fully saturated rings. The van der Waals surface area contributed by atoms with Crippen LogP contribution in [-0.4, -0.2) is 45.2 Å². The monoisotopic (exact) mass is 452 g/mol. The minimum atomic E-state index is -0.971. The molecule has 3 N–H and O–H groups in total. The van der Waals surface area contributed by atoms with Crippen molar-refractivity contribution in [2.24, 2.45) is 11.8 Å². The van der Waals surface area contributed by atoms with Crippen molar-refractivity contribution in [3.63, 3.8) is 0 Å². The summed E-state index contributed by atoms with van der Waals surface area (Å²) < 4.78 is 12.3. The highest BCUT2D eigenvalue weighted by atomic mass is 16.5. The van der Waals surface area contributed by atoms with Crippen LogP contribution in [0.5, 0.6) is 11.5 Å². The summed E-state index contributed by atoms with van der Waals surface area (Å²) in [5.41, 5.74) is 1.03. The molecule has 2 aromatic carbocycles. The van der Waals surface area contributed by atoms with Crippen molar-refractivity contribution in [2.75, 3.05) is 0 Å². The number of para-hydroxylation sites is 1. The molecule has 0 spiro atoms. The minimum absolute atomic E-state index is 0.0710. The number of carbonyl (C=O) groups is 1. The van der Waals surface area contributed by atoms with Crippen molar-refractivity contribution in [1.82, 2.24) is 0 Å². The van der Waals surface area contributed by atoms with E-state index in [2.05, 4.69) is 0 Å². The first-order valence-corrected chi connectivity index (χ1v) is 11.5. The third-order valence-electron chi connectivity index (χ3n) is 6.98. The first-order chi connectivity index (χ1) is 15.7. The Balaban J connectivity index is 1.49. The smallest absolute Gasteiger partial charge is 0.336 e. The van der Waals surface area contributed by atoms with Gasteiger partial charge in [-0.15, -0.1) is 0 Å². The van der Waals surface area contributed by atoms with Crippen LogP contribution in [0.15, 0.2) is 54.6 Å². The number of benzene rings is 2. The topological polar surface area (TPSA) is 96.2 Å². The second-order valence-electron chi connectivity index (χ2n) is 9.62. The SMILES string of the molecule is Cc1c(C(=O)O)ccc2c1O[C@H]1C[C@@H](O)[C@H](/C=C/C(O)C(C)(C)Oc3ccccc3)[C@H]1CC2. The summed E-state index contributed by atoms with van der Waals surface area (Å²) in [5.74, 6) is 0.257. The Bertz CT molecular complexity index is 1030. The number of aliphatic hydroxyl groups is 2. The van der Waals surface area contributed by atoms with Crippen molar-refractivity contribution in [3.8, 4) is 11.5 Å². The highest BCUT2D eigenvalue weighted by Gasteiger charge is 2.44. The minimum Gasteiger partial charge on any atom is -0.489 e. The van der Waals surface area contributed by atoms with E-state index in [-0.39, 0.29) is 23.5 Å². The van der Waals surface area contributed by atoms with Gasteiger partial charge in [-0.1, -0.05) is 36.4 Å². The Morgan fingerprint density at radius 2 is 1.94 bits per heavy atom. The lowest BCUT2D eigenvalue weighted by atomic mass is 9.87. The number of aryl methyl sites for hydroxylation is 1. The van der Waals surface area contributed by atoms with Crippen LogP contribution in [0.1, 0.15) is 48.2 Å². The lowest BCUT2D eigenvalue weighted by Crippen LogP contribution is -2.41. The molecule has 4 rings (SSSR count). The van der Waals surface area contributed by atoms with Crippen molar-refractivity contribution < 1.29 is 29.6 Å². The van der Waals surface area contributed by atoms with Gasteiger partial charge in [0.15, 0.2) is 0 Å². The molecule has 6 heteroatoms. The Morgan fingerprint density at radius 3 is 2.64 bits per heavy atom. The fourth-order valence-corrected chi connectivity index (χ4v) is 5.02. The van der Waals surface area contributed by atoms with E-state index >= 15 is 0 Å². The molecule has 0 bridgehead atoms. The van der Waals surface area contributed by atoms with Gasteiger partial charge in [-0.3, -0.25) is 0 Å². The van der Waals surface area contributed by atoms with Crippen LogP contribution in [-0.2, 0) is 6.42 Å². The maximum atomic E-state index is 11.5. The average molecular weight is 453 g/mol. The van der Waals surface area contributed by atoms with Crippen molar-refractivity contribution in [2.45, 2.75) is 63.9 Å². The second-order valence-corrected chi connectivity index (χ2v) is 9.62. The summed E-state index contributed by atoms with van der Waals surface area (Å²) in [6.07, 6.45) is 3.98. The molecule has 2 aliphatic rings. The predicted octanol–water partition coefficient (Wildman–Crippen LogP) is 4.16.